The average Bonchev–Trinajstić information content (AvgIpc) is 2.67. The molecule has 1 unspecified atom stereocenters. The summed E-state index contributed by atoms with van der Waals surface area (Å²) in [5.41, 5.74) is 3.42. The zero-order chi connectivity index (χ0) is 20.1. The number of sulfone groups is 1. The van der Waals surface area contributed by atoms with Crippen LogP contribution in [0.1, 0.15) is 35.6 Å². The van der Waals surface area contributed by atoms with E-state index in [1.54, 1.807) is 7.11 Å². The molecule has 1 heterocycles. The first kappa shape index (κ1) is 23.7. The Bertz CT molecular complexity index is 886. The van der Waals surface area contributed by atoms with E-state index in [4.69, 9.17) is 9.47 Å². The summed E-state index contributed by atoms with van der Waals surface area (Å²) in [6.45, 7) is 5.23. The SMILES string of the molecule is COc1cccc(C2CN(Cc3ccc([C@@H](C)CS(C)(=O)=O)cc3)CCO2)c1.Cl. The molecular weight excluding hydrogens is 410 g/mol. The molecule has 29 heavy (non-hydrogen) atoms. The van der Waals surface area contributed by atoms with Crippen molar-refractivity contribution in [1.29, 1.82) is 0 Å². The highest BCUT2D eigenvalue weighted by atomic mass is 35.5. The molecule has 0 spiro atoms. The molecule has 0 aliphatic carbocycles. The lowest BCUT2D eigenvalue weighted by atomic mass is 10.0. The smallest absolute Gasteiger partial charge is 0.148 e. The van der Waals surface area contributed by atoms with Crippen molar-refractivity contribution in [3.05, 3.63) is 65.2 Å². The van der Waals surface area contributed by atoms with E-state index in [1.165, 1.54) is 11.8 Å². The Morgan fingerprint density at radius 1 is 1.21 bits per heavy atom. The highest BCUT2D eigenvalue weighted by Gasteiger charge is 2.22. The quantitative estimate of drug-likeness (QED) is 0.656. The van der Waals surface area contributed by atoms with E-state index < -0.39 is 9.84 Å². The zero-order valence-electron chi connectivity index (χ0n) is 17.2. The Kier molecular flexibility index (Phi) is 8.52. The van der Waals surface area contributed by atoms with Crippen molar-refractivity contribution in [3.63, 3.8) is 0 Å². The Balaban J connectivity index is 0.00000300. The summed E-state index contributed by atoms with van der Waals surface area (Å²) in [5.74, 6) is 1.03. The summed E-state index contributed by atoms with van der Waals surface area (Å²) in [4.78, 5) is 2.39. The van der Waals surface area contributed by atoms with Crippen molar-refractivity contribution >= 4 is 22.2 Å². The fourth-order valence-corrected chi connectivity index (χ4v) is 4.75. The maximum atomic E-state index is 11.5. The van der Waals surface area contributed by atoms with Crippen molar-refractivity contribution in [3.8, 4) is 5.75 Å². The third-order valence-corrected chi connectivity index (χ3v) is 6.23. The van der Waals surface area contributed by atoms with Gasteiger partial charge in [-0.1, -0.05) is 43.3 Å². The number of methoxy groups -OCH3 is 1. The summed E-state index contributed by atoms with van der Waals surface area (Å²) in [6, 6.07) is 16.3. The molecule has 2 atom stereocenters. The number of hydrogen-bond donors (Lipinski definition) is 0. The molecule has 1 fully saturated rings. The van der Waals surface area contributed by atoms with Gasteiger partial charge in [-0.2, -0.15) is 0 Å². The van der Waals surface area contributed by atoms with Crippen LogP contribution in [-0.4, -0.2) is 52.1 Å². The lowest BCUT2D eigenvalue weighted by Crippen LogP contribution is -2.37. The largest absolute Gasteiger partial charge is 0.497 e. The summed E-state index contributed by atoms with van der Waals surface area (Å²) in [7, 11) is -1.30. The van der Waals surface area contributed by atoms with Crippen LogP contribution < -0.4 is 4.74 Å². The number of ether oxygens (including phenoxy) is 2. The van der Waals surface area contributed by atoms with Gasteiger partial charge >= 0.3 is 0 Å². The van der Waals surface area contributed by atoms with Crippen molar-refractivity contribution in [1.82, 2.24) is 4.90 Å². The molecule has 5 nitrogen and oxygen atoms in total. The van der Waals surface area contributed by atoms with Crippen LogP contribution in [0, 0.1) is 0 Å². The van der Waals surface area contributed by atoms with Crippen molar-refractivity contribution < 1.29 is 17.9 Å². The van der Waals surface area contributed by atoms with Crippen LogP contribution in [0.5, 0.6) is 5.75 Å². The molecule has 7 heteroatoms. The van der Waals surface area contributed by atoms with E-state index in [0.717, 1.165) is 36.5 Å². The lowest BCUT2D eigenvalue weighted by Gasteiger charge is -2.33. The van der Waals surface area contributed by atoms with Crippen LogP contribution in [0.3, 0.4) is 0 Å². The molecule has 0 aromatic heterocycles. The van der Waals surface area contributed by atoms with E-state index in [-0.39, 0.29) is 30.2 Å². The van der Waals surface area contributed by atoms with Crippen molar-refractivity contribution in [2.24, 2.45) is 0 Å². The van der Waals surface area contributed by atoms with E-state index in [9.17, 15) is 8.42 Å². The minimum absolute atomic E-state index is 0. The summed E-state index contributed by atoms with van der Waals surface area (Å²) in [6.07, 6.45) is 1.33. The number of nitrogens with zero attached hydrogens (tertiary/aromatic N) is 1. The second-order valence-electron chi connectivity index (χ2n) is 7.61. The van der Waals surface area contributed by atoms with Crippen molar-refractivity contribution in [2.45, 2.75) is 25.5 Å². The van der Waals surface area contributed by atoms with Crippen LogP contribution in [0.2, 0.25) is 0 Å². The predicted molar refractivity (Wildman–Crippen MR) is 119 cm³/mol. The van der Waals surface area contributed by atoms with Gasteiger partial charge in [0.15, 0.2) is 0 Å². The standard InChI is InChI=1S/C22H29NO4S.ClH/c1-17(16-28(3,24)25)19-9-7-18(8-10-19)14-23-11-12-27-22(15-23)20-5-4-6-21(13-20)26-2;/h4-10,13,17,22H,11-12,14-16H2,1-3H3;1H/t17-,22?;/m0./s1. The first-order valence-corrected chi connectivity index (χ1v) is 11.6. The van der Waals surface area contributed by atoms with Crippen LogP contribution in [-0.2, 0) is 21.1 Å². The van der Waals surface area contributed by atoms with Gasteiger partial charge in [0.1, 0.15) is 15.6 Å². The highest BCUT2D eigenvalue weighted by molar-refractivity contribution is 7.90. The fourth-order valence-electron chi connectivity index (χ4n) is 3.65. The molecule has 1 aliphatic heterocycles. The topological polar surface area (TPSA) is 55.8 Å². The van der Waals surface area contributed by atoms with Gasteiger partial charge in [-0.25, -0.2) is 8.42 Å². The Morgan fingerprint density at radius 3 is 2.59 bits per heavy atom. The predicted octanol–water partition coefficient (Wildman–Crippen LogP) is 3.84. The Morgan fingerprint density at radius 2 is 1.93 bits per heavy atom. The molecule has 1 saturated heterocycles. The van der Waals surface area contributed by atoms with Gasteiger partial charge in [0.05, 0.1) is 25.6 Å². The average molecular weight is 440 g/mol. The number of benzene rings is 2. The molecule has 2 aromatic carbocycles. The third kappa shape index (κ3) is 7.00. The minimum Gasteiger partial charge on any atom is -0.497 e. The van der Waals surface area contributed by atoms with Gasteiger partial charge in [0.25, 0.3) is 0 Å². The maximum absolute atomic E-state index is 11.5. The molecule has 0 N–H and O–H groups in total. The van der Waals surface area contributed by atoms with Crippen LogP contribution in [0.15, 0.2) is 48.5 Å². The lowest BCUT2D eigenvalue weighted by molar-refractivity contribution is -0.0330. The molecule has 160 valence electrons. The molecular formula is C22H30ClNO4S. The molecule has 0 bridgehead atoms. The fraction of sp³-hybridized carbons (Fsp3) is 0.455. The van der Waals surface area contributed by atoms with Gasteiger partial charge in [-0.3, -0.25) is 4.90 Å². The summed E-state index contributed by atoms with van der Waals surface area (Å²) >= 11 is 0. The second-order valence-corrected chi connectivity index (χ2v) is 9.79. The zero-order valence-corrected chi connectivity index (χ0v) is 18.8. The maximum Gasteiger partial charge on any atom is 0.148 e. The number of halogens is 1. The molecule has 0 radical (unpaired) electrons. The summed E-state index contributed by atoms with van der Waals surface area (Å²) in [5, 5.41) is 0. The van der Waals surface area contributed by atoms with Gasteiger partial charge in [0, 0.05) is 25.9 Å². The first-order chi connectivity index (χ1) is 13.3. The van der Waals surface area contributed by atoms with Gasteiger partial charge in [-0.15, -0.1) is 12.4 Å². The number of morpholine rings is 1. The normalized spacial score (nSPS) is 18.7. The Hall–Kier alpha value is -1.60. The van der Waals surface area contributed by atoms with Crippen LogP contribution in [0.4, 0.5) is 0 Å². The highest BCUT2D eigenvalue weighted by Crippen LogP contribution is 2.26. The minimum atomic E-state index is -2.97. The second kappa shape index (κ2) is 10.4. The number of rotatable bonds is 7. The number of hydrogen-bond acceptors (Lipinski definition) is 5. The molecule has 1 aliphatic rings. The Labute approximate surface area is 180 Å². The van der Waals surface area contributed by atoms with E-state index in [2.05, 4.69) is 23.1 Å². The van der Waals surface area contributed by atoms with E-state index >= 15 is 0 Å². The summed E-state index contributed by atoms with van der Waals surface area (Å²) < 4.78 is 34.3. The molecule has 0 amide bonds. The van der Waals surface area contributed by atoms with Crippen LogP contribution in [0.25, 0.3) is 0 Å². The van der Waals surface area contributed by atoms with Crippen LogP contribution >= 0.6 is 12.4 Å². The van der Waals surface area contributed by atoms with Gasteiger partial charge < -0.3 is 9.47 Å². The molecule has 2 aromatic rings. The molecule has 0 saturated carbocycles. The first-order valence-electron chi connectivity index (χ1n) is 9.58. The van der Waals surface area contributed by atoms with Crippen molar-refractivity contribution in [2.75, 3.05) is 38.8 Å². The van der Waals surface area contributed by atoms with Gasteiger partial charge in [-0.05, 0) is 34.7 Å². The monoisotopic (exact) mass is 439 g/mol. The van der Waals surface area contributed by atoms with E-state index in [1.807, 2.05) is 37.3 Å². The van der Waals surface area contributed by atoms with Gasteiger partial charge in [0.2, 0.25) is 0 Å². The van der Waals surface area contributed by atoms with E-state index in [0.29, 0.717) is 6.61 Å². The molecule has 3 rings (SSSR count). The third-order valence-electron chi connectivity index (χ3n) is 5.12.